The molecule has 0 atom stereocenters. The van der Waals surface area contributed by atoms with Crippen LogP contribution in [0.1, 0.15) is 22.3 Å². The van der Waals surface area contributed by atoms with E-state index in [4.69, 9.17) is 0 Å². The summed E-state index contributed by atoms with van der Waals surface area (Å²) in [6.07, 6.45) is 0. The van der Waals surface area contributed by atoms with Gasteiger partial charge in [0.15, 0.2) is 0 Å². The first-order valence-electron chi connectivity index (χ1n) is 21.8. The summed E-state index contributed by atoms with van der Waals surface area (Å²) in [5.41, 5.74) is 16.1. The van der Waals surface area contributed by atoms with Gasteiger partial charge in [-0.3, -0.25) is 0 Å². The molecule has 0 bridgehead atoms. The highest BCUT2D eigenvalue weighted by Crippen LogP contribution is 2.63. The Morgan fingerprint density at radius 1 is 0.286 bits per heavy atom. The molecule has 63 heavy (non-hydrogen) atoms. The Morgan fingerprint density at radius 2 is 0.730 bits per heavy atom. The molecule has 2 heteroatoms. The van der Waals surface area contributed by atoms with Gasteiger partial charge >= 0.3 is 0 Å². The first-order valence-corrected chi connectivity index (χ1v) is 22.7. The number of hydrogen-bond donors (Lipinski definition) is 0. The topological polar surface area (TPSA) is 3.24 Å². The van der Waals surface area contributed by atoms with E-state index in [9.17, 15) is 0 Å². The molecule has 0 unspecified atom stereocenters. The Kier molecular flexibility index (Phi) is 7.26. The van der Waals surface area contributed by atoms with Gasteiger partial charge in [-0.2, -0.15) is 0 Å². The maximum absolute atomic E-state index is 2.52. The van der Waals surface area contributed by atoms with Crippen LogP contribution in [-0.4, -0.2) is 0 Å². The van der Waals surface area contributed by atoms with E-state index in [0.29, 0.717) is 0 Å². The zero-order valence-corrected chi connectivity index (χ0v) is 35.0. The first-order chi connectivity index (χ1) is 31.3. The first kappa shape index (κ1) is 34.9. The highest BCUT2D eigenvalue weighted by atomic mass is 32.1. The van der Waals surface area contributed by atoms with E-state index < -0.39 is 5.41 Å². The molecule has 0 amide bonds. The number of rotatable bonds is 4. The summed E-state index contributed by atoms with van der Waals surface area (Å²) >= 11 is 1.89. The van der Waals surface area contributed by atoms with E-state index in [1.165, 1.54) is 108 Å². The number of anilines is 3. The summed E-state index contributed by atoms with van der Waals surface area (Å²) in [6.45, 7) is 0. The van der Waals surface area contributed by atoms with E-state index in [1.54, 1.807) is 0 Å². The van der Waals surface area contributed by atoms with Crippen molar-refractivity contribution in [3.05, 3.63) is 247 Å². The van der Waals surface area contributed by atoms with Crippen molar-refractivity contribution in [2.24, 2.45) is 0 Å². The Hall–Kier alpha value is -7.78. The zero-order valence-electron chi connectivity index (χ0n) is 34.2. The molecule has 0 saturated carbocycles. The molecule has 14 rings (SSSR count). The molecule has 12 aromatic rings. The monoisotopic (exact) mass is 815 g/mol. The van der Waals surface area contributed by atoms with Crippen LogP contribution >= 0.6 is 11.3 Å². The smallest absolute Gasteiger partial charge is 0.0725 e. The standard InChI is InChI=1S/C61H37NS/c1-2-18-42-40(16-1)41-17-3-4-19-43(41)52-36-38(32-34-44(42)52)62(58-30-13-8-23-48(58)50-25-15-26-51-49-24-9-14-31-59(49)63-60(50)51)39-33-35-57-53(37-39)47-22-7-12-29-56(47)61(57)54-27-10-5-20-45(54)46-21-6-11-28-55(46)61/h1-37H. The van der Waals surface area contributed by atoms with Gasteiger partial charge in [0.05, 0.1) is 11.1 Å². The van der Waals surface area contributed by atoms with E-state index >= 15 is 0 Å². The molecule has 0 radical (unpaired) electrons. The lowest BCUT2D eigenvalue weighted by Crippen LogP contribution is -2.25. The van der Waals surface area contributed by atoms with Gasteiger partial charge in [-0.05, 0) is 113 Å². The lowest BCUT2D eigenvalue weighted by molar-refractivity contribution is 0.794. The summed E-state index contributed by atoms with van der Waals surface area (Å²) in [5, 5.41) is 10.2. The number of nitrogens with zero attached hydrogens (tertiary/aromatic N) is 1. The predicted octanol–water partition coefficient (Wildman–Crippen LogP) is 17.0. The van der Waals surface area contributed by atoms with Crippen molar-refractivity contribution in [2.75, 3.05) is 4.90 Å². The zero-order chi connectivity index (χ0) is 41.2. The molecule has 292 valence electrons. The number of thiophene rings is 1. The van der Waals surface area contributed by atoms with Gasteiger partial charge in [0.2, 0.25) is 0 Å². The van der Waals surface area contributed by atoms with E-state index in [2.05, 4.69) is 229 Å². The van der Waals surface area contributed by atoms with Crippen LogP contribution in [-0.2, 0) is 5.41 Å². The molecule has 0 aliphatic heterocycles. The molecule has 0 N–H and O–H groups in total. The Bertz CT molecular complexity index is 3810. The van der Waals surface area contributed by atoms with E-state index in [-0.39, 0.29) is 0 Å². The maximum atomic E-state index is 2.52. The van der Waals surface area contributed by atoms with Crippen LogP contribution in [0.25, 0.3) is 85.9 Å². The van der Waals surface area contributed by atoms with Crippen molar-refractivity contribution >= 4 is 80.9 Å². The van der Waals surface area contributed by atoms with Crippen molar-refractivity contribution < 1.29 is 0 Å². The largest absolute Gasteiger partial charge is 0.310 e. The van der Waals surface area contributed by atoms with Crippen molar-refractivity contribution in [2.45, 2.75) is 5.41 Å². The fourth-order valence-electron chi connectivity index (χ4n) is 11.5. The normalized spacial score (nSPS) is 13.2. The van der Waals surface area contributed by atoms with Gasteiger partial charge in [-0.15, -0.1) is 11.3 Å². The molecular weight excluding hydrogens is 779 g/mol. The highest BCUT2D eigenvalue weighted by Gasteiger charge is 2.51. The molecule has 11 aromatic carbocycles. The molecule has 0 saturated heterocycles. The maximum Gasteiger partial charge on any atom is 0.0725 e. The summed E-state index contributed by atoms with van der Waals surface area (Å²) in [4.78, 5) is 2.52. The molecular formula is C61H37NS. The SMILES string of the molecule is c1ccc(N(c2ccc3c(c2)-c2ccccc2C32c3ccccc3-c3ccccc32)c2ccc3c4ccccc4c4ccccc4c3c2)c(-c2cccc3c2sc2ccccc23)c1. The lowest BCUT2D eigenvalue weighted by atomic mass is 9.70. The van der Waals surface area contributed by atoms with Gasteiger partial charge in [0.25, 0.3) is 0 Å². The second-order valence-corrected chi connectivity index (χ2v) is 18.1. The molecule has 2 aliphatic rings. The van der Waals surface area contributed by atoms with Gasteiger partial charge in [-0.25, -0.2) is 0 Å². The average Bonchev–Trinajstić information content (AvgIpc) is 3.99. The average molecular weight is 816 g/mol. The van der Waals surface area contributed by atoms with Gasteiger partial charge in [-0.1, -0.05) is 188 Å². The van der Waals surface area contributed by atoms with Gasteiger partial charge in [0, 0.05) is 42.7 Å². The molecule has 1 aromatic heterocycles. The molecule has 1 heterocycles. The third kappa shape index (κ3) is 4.71. The van der Waals surface area contributed by atoms with Crippen LogP contribution in [0.15, 0.2) is 224 Å². The number of hydrogen-bond acceptors (Lipinski definition) is 2. The summed E-state index contributed by atoms with van der Waals surface area (Å²) in [5.74, 6) is 0. The predicted molar refractivity (Wildman–Crippen MR) is 268 cm³/mol. The minimum absolute atomic E-state index is 0.403. The quantitative estimate of drug-likeness (QED) is 0.160. The lowest BCUT2D eigenvalue weighted by Gasteiger charge is -2.31. The van der Waals surface area contributed by atoms with Crippen LogP contribution < -0.4 is 4.90 Å². The van der Waals surface area contributed by atoms with Crippen molar-refractivity contribution in [3.63, 3.8) is 0 Å². The van der Waals surface area contributed by atoms with Crippen molar-refractivity contribution in [1.29, 1.82) is 0 Å². The number of para-hydroxylation sites is 1. The van der Waals surface area contributed by atoms with Crippen LogP contribution in [0.4, 0.5) is 17.1 Å². The molecule has 1 nitrogen and oxygen atoms in total. The number of fused-ring (bicyclic) bond motifs is 19. The Balaban J connectivity index is 1.06. The van der Waals surface area contributed by atoms with E-state index in [1.807, 2.05) is 11.3 Å². The number of benzene rings is 11. The summed E-state index contributed by atoms with van der Waals surface area (Å²) in [7, 11) is 0. The second-order valence-electron chi connectivity index (χ2n) is 17.1. The fraction of sp³-hybridized carbons (Fsp3) is 0.0164. The van der Waals surface area contributed by atoms with Crippen LogP contribution in [0.2, 0.25) is 0 Å². The minimum Gasteiger partial charge on any atom is -0.310 e. The van der Waals surface area contributed by atoms with E-state index in [0.717, 1.165) is 17.1 Å². The minimum atomic E-state index is -0.403. The molecule has 1 spiro atoms. The van der Waals surface area contributed by atoms with Gasteiger partial charge < -0.3 is 4.90 Å². The molecule has 2 aliphatic carbocycles. The Morgan fingerprint density at radius 3 is 1.40 bits per heavy atom. The van der Waals surface area contributed by atoms with Crippen molar-refractivity contribution in [1.82, 2.24) is 0 Å². The second kappa shape index (κ2) is 13.1. The third-order valence-electron chi connectivity index (χ3n) is 14.1. The van der Waals surface area contributed by atoms with Crippen LogP contribution in [0.3, 0.4) is 0 Å². The van der Waals surface area contributed by atoms with Crippen LogP contribution in [0.5, 0.6) is 0 Å². The van der Waals surface area contributed by atoms with Crippen molar-refractivity contribution in [3.8, 4) is 33.4 Å². The molecule has 0 fully saturated rings. The Labute approximate surface area is 369 Å². The fourth-order valence-corrected chi connectivity index (χ4v) is 12.8. The summed E-state index contributed by atoms with van der Waals surface area (Å²) < 4.78 is 2.62. The third-order valence-corrected chi connectivity index (χ3v) is 15.3. The van der Waals surface area contributed by atoms with Gasteiger partial charge in [0.1, 0.15) is 0 Å². The highest BCUT2D eigenvalue weighted by molar-refractivity contribution is 7.26. The van der Waals surface area contributed by atoms with Crippen LogP contribution in [0, 0.1) is 0 Å². The summed E-state index contributed by atoms with van der Waals surface area (Å²) in [6, 6.07) is 84.1.